The summed E-state index contributed by atoms with van der Waals surface area (Å²) in [6.07, 6.45) is 1.39. The first kappa shape index (κ1) is 9.61. The molecule has 4 nitrogen and oxygen atoms in total. The van der Waals surface area contributed by atoms with Gasteiger partial charge in [-0.05, 0) is 6.42 Å². The van der Waals surface area contributed by atoms with Crippen LogP contribution in [0.2, 0.25) is 0 Å². The van der Waals surface area contributed by atoms with Crippen LogP contribution in [-0.4, -0.2) is 29.9 Å². The lowest BCUT2D eigenvalue weighted by molar-refractivity contribution is 0.284. The maximum absolute atomic E-state index is 10.3. The SMILES string of the molecule is C=CCC(CO)S(=O)(=O)O. The van der Waals surface area contributed by atoms with Gasteiger partial charge in [-0.25, -0.2) is 0 Å². The molecule has 0 saturated carbocycles. The molecule has 2 N–H and O–H groups in total. The van der Waals surface area contributed by atoms with E-state index < -0.39 is 22.0 Å². The number of allylic oxidation sites excluding steroid dienone is 1. The number of rotatable bonds is 4. The first-order chi connectivity index (χ1) is 4.52. The Labute approximate surface area is 59.9 Å². The van der Waals surface area contributed by atoms with Crippen LogP contribution in [0.1, 0.15) is 6.42 Å². The van der Waals surface area contributed by atoms with Crippen LogP contribution in [0.15, 0.2) is 12.7 Å². The molecule has 0 saturated heterocycles. The topological polar surface area (TPSA) is 74.6 Å². The van der Waals surface area contributed by atoms with Gasteiger partial charge < -0.3 is 5.11 Å². The Balaban J connectivity index is 4.22. The van der Waals surface area contributed by atoms with Gasteiger partial charge >= 0.3 is 0 Å². The molecule has 10 heavy (non-hydrogen) atoms. The molecule has 0 aliphatic rings. The molecular weight excluding hydrogens is 156 g/mol. The summed E-state index contributed by atoms with van der Waals surface area (Å²) in [5.41, 5.74) is 0. The molecule has 0 rings (SSSR count). The molecule has 0 aromatic heterocycles. The van der Waals surface area contributed by atoms with E-state index in [0.717, 1.165) is 0 Å². The van der Waals surface area contributed by atoms with Gasteiger partial charge in [-0.15, -0.1) is 6.58 Å². The second-order valence-corrected chi connectivity index (χ2v) is 3.54. The Hall–Kier alpha value is -0.390. The standard InChI is InChI=1S/C5H10O4S/c1-2-3-5(4-6)10(7,8)9/h2,5-6H,1,3-4H2,(H,7,8,9). The Morgan fingerprint density at radius 1 is 1.60 bits per heavy atom. The monoisotopic (exact) mass is 166 g/mol. The summed E-state index contributed by atoms with van der Waals surface area (Å²) >= 11 is 0. The minimum atomic E-state index is -4.10. The lowest BCUT2D eigenvalue weighted by Gasteiger charge is -2.05. The highest BCUT2D eigenvalue weighted by Crippen LogP contribution is 2.02. The number of hydrogen-bond donors (Lipinski definition) is 2. The molecule has 0 aliphatic heterocycles. The maximum atomic E-state index is 10.3. The zero-order chi connectivity index (χ0) is 8.20. The molecule has 0 heterocycles. The van der Waals surface area contributed by atoms with E-state index in [1.807, 2.05) is 0 Å². The minimum absolute atomic E-state index is 0.0648. The van der Waals surface area contributed by atoms with Crippen LogP contribution in [0.3, 0.4) is 0 Å². The third-order valence-corrected chi connectivity index (χ3v) is 2.24. The Bertz CT molecular complexity index is 194. The van der Waals surface area contributed by atoms with E-state index >= 15 is 0 Å². The van der Waals surface area contributed by atoms with Crippen molar-refractivity contribution < 1.29 is 18.1 Å². The molecule has 0 spiro atoms. The Kier molecular flexibility index (Phi) is 3.55. The van der Waals surface area contributed by atoms with Crippen molar-refractivity contribution in [2.24, 2.45) is 0 Å². The molecule has 0 aromatic rings. The first-order valence-electron chi connectivity index (χ1n) is 2.70. The van der Waals surface area contributed by atoms with Crippen molar-refractivity contribution in [3.63, 3.8) is 0 Å². The summed E-state index contributed by atoms with van der Waals surface area (Å²) in [4.78, 5) is 0. The van der Waals surface area contributed by atoms with Crippen LogP contribution in [0.4, 0.5) is 0 Å². The van der Waals surface area contributed by atoms with Crippen molar-refractivity contribution in [1.82, 2.24) is 0 Å². The predicted molar refractivity (Wildman–Crippen MR) is 37.2 cm³/mol. The summed E-state index contributed by atoms with van der Waals surface area (Å²) < 4.78 is 29.0. The molecule has 1 unspecified atom stereocenters. The highest BCUT2D eigenvalue weighted by molar-refractivity contribution is 7.86. The van der Waals surface area contributed by atoms with Crippen LogP contribution in [-0.2, 0) is 10.1 Å². The van der Waals surface area contributed by atoms with Gasteiger partial charge in [0.2, 0.25) is 0 Å². The number of hydrogen-bond acceptors (Lipinski definition) is 3. The lowest BCUT2D eigenvalue weighted by Crippen LogP contribution is -2.23. The van der Waals surface area contributed by atoms with E-state index in [9.17, 15) is 8.42 Å². The van der Waals surface area contributed by atoms with Crippen molar-refractivity contribution in [2.75, 3.05) is 6.61 Å². The van der Waals surface area contributed by atoms with Crippen LogP contribution in [0, 0.1) is 0 Å². The van der Waals surface area contributed by atoms with E-state index in [0.29, 0.717) is 0 Å². The van der Waals surface area contributed by atoms with Gasteiger partial charge in [0.1, 0.15) is 5.25 Å². The summed E-state index contributed by atoms with van der Waals surface area (Å²) in [5, 5.41) is 7.29. The highest BCUT2D eigenvalue weighted by Gasteiger charge is 2.19. The van der Waals surface area contributed by atoms with Gasteiger partial charge in [0.05, 0.1) is 6.61 Å². The molecule has 0 amide bonds. The normalized spacial score (nSPS) is 14.6. The van der Waals surface area contributed by atoms with Gasteiger partial charge in [-0.1, -0.05) is 6.08 Å². The summed E-state index contributed by atoms with van der Waals surface area (Å²) in [5.74, 6) is 0. The quantitative estimate of drug-likeness (QED) is 0.448. The van der Waals surface area contributed by atoms with Crippen LogP contribution < -0.4 is 0 Å². The van der Waals surface area contributed by atoms with Gasteiger partial charge in [0.15, 0.2) is 0 Å². The molecule has 0 radical (unpaired) electrons. The van der Waals surface area contributed by atoms with E-state index in [1.54, 1.807) is 0 Å². The molecule has 60 valence electrons. The second kappa shape index (κ2) is 3.70. The second-order valence-electron chi connectivity index (χ2n) is 1.84. The van der Waals surface area contributed by atoms with Crippen LogP contribution in [0.5, 0.6) is 0 Å². The Morgan fingerprint density at radius 2 is 2.10 bits per heavy atom. The summed E-state index contributed by atoms with van der Waals surface area (Å²) in [6.45, 7) is 2.70. The van der Waals surface area contributed by atoms with Gasteiger partial charge in [0, 0.05) is 0 Å². The number of aliphatic hydroxyl groups excluding tert-OH is 1. The molecule has 1 atom stereocenters. The van der Waals surface area contributed by atoms with Crippen molar-refractivity contribution >= 4 is 10.1 Å². The highest BCUT2D eigenvalue weighted by atomic mass is 32.2. The first-order valence-corrected chi connectivity index (χ1v) is 4.20. The average molecular weight is 166 g/mol. The van der Waals surface area contributed by atoms with Crippen molar-refractivity contribution in [3.8, 4) is 0 Å². The molecular formula is C5H10O4S. The molecule has 5 heteroatoms. The van der Waals surface area contributed by atoms with Gasteiger partial charge in [0.25, 0.3) is 10.1 Å². The zero-order valence-electron chi connectivity index (χ0n) is 5.40. The lowest BCUT2D eigenvalue weighted by atomic mass is 10.3. The van der Waals surface area contributed by atoms with E-state index in [4.69, 9.17) is 9.66 Å². The van der Waals surface area contributed by atoms with Crippen molar-refractivity contribution in [2.45, 2.75) is 11.7 Å². The zero-order valence-corrected chi connectivity index (χ0v) is 6.21. The molecule has 0 bridgehead atoms. The number of aliphatic hydroxyl groups is 1. The fourth-order valence-corrected chi connectivity index (χ4v) is 1.04. The molecule has 0 fully saturated rings. The fraction of sp³-hybridized carbons (Fsp3) is 0.600. The molecule has 0 aliphatic carbocycles. The third kappa shape index (κ3) is 2.95. The predicted octanol–water partition coefficient (Wildman–Crippen LogP) is -0.189. The van der Waals surface area contributed by atoms with Crippen LogP contribution >= 0.6 is 0 Å². The Morgan fingerprint density at radius 3 is 2.20 bits per heavy atom. The van der Waals surface area contributed by atoms with E-state index in [2.05, 4.69) is 6.58 Å². The van der Waals surface area contributed by atoms with Gasteiger partial charge in [-0.3, -0.25) is 4.55 Å². The third-order valence-electron chi connectivity index (χ3n) is 1.05. The maximum Gasteiger partial charge on any atom is 0.270 e. The summed E-state index contributed by atoms with van der Waals surface area (Å²) in [7, 11) is -4.10. The molecule has 0 aromatic carbocycles. The van der Waals surface area contributed by atoms with Crippen molar-refractivity contribution in [1.29, 1.82) is 0 Å². The fourth-order valence-electron chi connectivity index (χ4n) is 0.476. The minimum Gasteiger partial charge on any atom is -0.395 e. The van der Waals surface area contributed by atoms with Gasteiger partial charge in [-0.2, -0.15) is 8.42 Å². The average Bonchev–Trinajstić information content (AvgIpc) is 1.80. The van der Waals surface area contributed by atoms with Crippen LogP contribution in [0.25, 0.3) is 0 Å². The smallest absolute Gasteiger partial charge is 0.270 e. The summed E-state index contributed by atoms with van der Waals surface area (Å²) in [6, 6.07) is 0. The van der Waals surface area contributed by atoms with E-state index in [1.165, 1.54) is 6.08 Å². The van der Waals surface area contributed by atoms with Crippen molar-refractivity contribution in [3.05, 3.63) is 12.7 Å². The van der Waals surface area contributed by atoms with E-state index in [-0.39, 0.29) is 6.42 Å². The largest absolute Gasteiger partial charge is 0.395 e.